The Morgan fingerprint density at radius 3 is 2.44 bits per heavy atom. The number of ether oxygens (including phenoxy) is 3. The van der Waals surface area contributed by atoms with Crippen molar-refractivity contribution in [2.75, 3.05) is 18.1 Å². The highest BCUT2D eigenvalue weighted by atomic mass is 127. The van der Waals surface area contributed by atoms with Gasteiger partial charge in [-0.05, 0) is 67.6 Å². The van der Waals surface area contributed by atoms with Gasteiger partial charge in [0.1, 0.15) is 18.8 Å². The molecule has 2 aromatic rings. The Balaban J connectivity index is 2.05. The fraction of sp³-hybridized carbons (Fsp3) is 0.316. The van der Waals surface area contributed by atoms with Crippen LogP contribution < -0.4 is 14.4 Å². The predicted molar refractivity (Wildman–Crippen MR) is 105 cm³/mol. The number of benzene rings is 2. The largest absolute Gasteiger partial charge is 0.486 e. The highest BCUT2D eigenvalue weighted by molar-refractivity contribution is 14.1. The average Bonchev–Trinajstić information content (AvgIpc) is 2.55. The third-order valence-corrected chi connectivity index (χ3v) is 4.37. The molecule has 0 aromatic heterocycles. The first-order chi connectivity index (χ1) is 11.8. The van der Waals surface area contributed by atoms with Gasteiger partial charge in [0, 0.05) is 9.64 Å². The second-order valence-corrected chi connectivity index (χ2v) is 7.76. The topological polar surface area (TPSA) is 48.0 Å². The van der Waals surface area contributed by atoms with Gasteiger partial charge in [-0.3, -0.25) is 0 Å². The van der Waals surface area contributed by atoms with Crippen molar-refractivity contribution in [3.63, 3.8) is 0 Å². The zero-order valence-electron chi connectivity index (χ0n) is 14.4. The first-order valence-electron chi connectivity index (χ1n) is 8.02. The minimum Gasteiger partial charge on any atom is -0.486 e. The second-order valence-electron chi connectivity index (χ2n) is 6.60. The van der Waals surface area contributed by atoms with E-state index >= 15 is 0 Å². The first kappa shape index (κ1) is 17.8. The molecule has 0 saturated carbocycles. The van der Waals surface area contributed by atoms with Crippen LogP contribution in [0.25, 0.3) is 0 Å². The molecule has 1 heterocycles. The Morgan fingerprint density at radius 1 is 1.08 bits per heavy atom. The van der Waals surface area contributed by atoms with E-state index in [1.807, 2.05) is 63.2 Å². The van der Waals surface area contributed by atoms with Crippen LogP contribution in [-0.4, -0.2) is 24.9 Å². The molecular weight excluding hydrogens is 433 g/mol. The lowest BCUT2D eigenvalue weighted by Crippen LogP contribution is -2.34. The number of carbonyl (C=O) groups excluding carboxylic acids is 1. The smallest absolute Gasteiger partial charge is 0.419 e. The molecule has 0 atom stereocenters. The zero-order valence-corrected chi connectivity index (χ0v) is 16.6. The average molecular weight is 453 g/mol. The molecule has 1 aliphatic rings. The number of amides is 1. The standard InChI is InChI=1S/C19H20INO4/c1-19(2,3)25-18(22)21(15-7-5-4-6-14(15)20)13-8-9-16-17(12-13)24-11-10-23-16/h4-9,12H,10-11H2,1-3H3. The number of hydrogen-bond acceptors (Lipinski definition) is 4. The van der Waals surface area contributed by atoms with Crippen molar-refractivity contribution < 1.29 is 19.0 Å². The van der Waals surface area contributed by atoms with Crippen molar-refractivity contribution in [2.45, 2.75) is 26.4 Å². The lowest BCUT2D eigenvalue weighted by molar-refractivity contribution is 0.0599. The molecule has 0 unspecified atom stereocenters. The maximum absolute atomic E-state index is 12.9. The number of anilines is 2. The van der Waals surface area contributed by atoms with Crippen molar-refractivity contribution in [2.24, 2.45) is 0 Å². The summed E-state index contributed by atoms with van der Waals surface area (Å²) in [6.07, 6.45) is -0.437. The van der Waals surface area contributed by atoms with Crippen LogP contribution in [0.5, 0.6) is 11.5 Å². The van der Waals surface area contributed by atoms with Crippen LogP contribution in [0.3, 0.4) is 0 Å². The molecule has 0 N–H and O–H groups in total. The van der Waals surface area contributed by atoms with Crippen LogP contribution >= 0.6 is 22.6 Å². The zero-order chi connectivity index (χ0) is 18.0. The second kappa shape index (κ2) is 7.11. The van der Waals surface area contributed by atoms with Gasteiger partial charge < -0.3 is 14.2 Å². The number of nitrogens with zero attached hydrogens (tertiary/aromatic N) is 1. The van der Waals surface area contributed by atoms with Gasteiger partial charge in [0.15, 0.2) is 11.5 Å². The van der Waals surface area contributed by atoms with E-state index in [1.165, 1.54) is 0 Å². The van der Waals surface area contributed by atoms with Gasteiger partial charge in [0.2, 0.25) is 0 Å². The van der Waals surface area contributed by atoms with E-state index in [-0.39, 0.29) is 0 Å². The fourth-order valence-corrected chi connectivity index (χ4v) is 3.08. The Kier molecular flexibility index (Phi) is 5.08. The summed E-state index contributed by atoms with van der Waals surface area (Å²) >= 11 is 2.21. The Morgan fingerprint density at radius 2 is 1.76 bits per heavy atom. The lowest BCUT2D eigenvalue weighted by Gasteiger charge is -2.29. The molecule has 6 heteroatoms. The maximum atomic E-state index is 12.9. The van der Waals surface area contributed by atoms with Crippen LogP contribution in [0.4, 0.5) is 16.2 Å². The Labute approximate surface area is 161 Å². The molecule has 132 valence electrons. The Bertz CT molecular complexity index is 785. The van der Waals surface area contributed by atoms with Gasteiger partial charge in [-0.15, -0.1) is 0 Å². The number of hydrogen-bond donors (Lipinski definition) is 0. The van der Waals surface area contributed by atoms with Gasteiger partial charge in [0.25, 0.3) is 0 Å². The van der Waals surface area contributed by atoms with Gasteiger partial charge in [-0.25, -0.2) is 9.69 Å². The van der Waals surface area contributed by atoms with Gasteiger partial charge in [-0.2, -0.15) is 0 Å². The van der Waals surface area contributed by atoms with Gasteiger partial charge >= 0.3 is 6.09 Å². The van der Waals surface area contributed by atoms with Crippen LogP contribution in [-0.2, 0) is 4.74 Å². The molecule has 0 bridgehead atoms. The number of carbonyl (C=O) groups is 1. The highest BCUT2D eigenvalue weighted by Gasteiger charge is 2.27. The molecule has 0 aliphatic carbocycles. The van der Waals surface area contributed by atoms with Crippen molar-refractivity contribution in [1.82, 2.24) is 0 Å². The fourth-order valence-electron chi connectivity index (χ4n) is 2.45. The number of para-hydroxylation sites is 1. The summed E-state index contributed by atoms with van der Waals surface area (Å²) in [5.74, 6) is 1.31. The summed E-state index contributed by atoms with van der Waals surface area (Å²) in [5.41, 5.74) is 0.834. The normalized spacial score (nSPS) is 13.3. The molecule has 2 aromatic carbocycles. The third kappa shape index (κ3) is 4.18. The van der Waals surface area contributed by atoms with Gasteiger partial charge in [-0.1, -0.05) is 12.1 Å². The summed E-state index contributed by atoms with van der Waals surface area (Å²) in [6, 6.07) is 13.1. The number of halogens is 1. The minimum atomic E-state index is -0.594. The third-order valence-electron chi connectivity index (χ3n) is 3.45. The molecule has 0 radical (unpaired) electrons. The van der Waals surface area contributed by atoms with E-state index in [0.717, 1.165) is 9.26 Å². The van der Waals surface area contributed by atoms with E-state index in [1.54, 1.807) is 4.90 Å². The van der Waals surface area contributed by atoms with Crippen molar-refractivity contribution in [3.05, 3.63) is 46.0 Å². The molecule has 5 nitrogen and oxygen atoms in total. The van der Waals surface area contributed by atoms with Crippen LogP contribution in [0.2, 0.25) is 0 Å². The van der Waals surface area contributed by atoms with E-state index in [4.69, 9.17) is 14.2 Å². The molecule has 1 aliphatic heterocycles. The van der Waals surface area contributed by atoms with E-state index < -0.39 is 11.7 Å². The maximum Gasteiger partial charge on any atom is 0.419 e. The molecular formula is C19H20INO4. The Hall–Kier alpha value is -1.96. The number of fused-ring (bicyclic) bond motifs is 1. The highest BCUT2D eigenvalue weighted by Crippen LogP contribution is 2.38. The molecule has 1 amide bonds. The van der Waals surface area contributed by atoms with Crippen LogP contribution in [0, 0.1) is 3.57 Å². The summed E-state index contributed by atoms with van der Waals surface area (Å²) in [6.45, 7) is 6.57. The van der Waals surface area contributed by atoms with Crippen LogP contribution in [0.1, 0.15) is 20.8 Å². The summed E-state index contributed by atoms with van der Waals surface area (Å²) in [4.78, 5) is 14.5. The summed E-state index contributed by atoms with van der Waals surface area (Å²) in [5, 5.41) is 0. The first-order valence-corrected chi connectivity index (χ1v) is 9.10. The van der Waals surface area contributed by atoms with Crippen molar-refractivity contribution in [3.8, 4) is 11.5 Å². The summed E-state index contributed by atoms with van der Waals surface area (Å²) < 4.78 is 17.8. The van der Waals surface area contributed by atoms with E-state index in [9.17, 15) is 4.79 Å². The number of rotatable bonds is 2. The lowest BCUT2D eigenvalue weighted by atomic mass is 10.2. The molecule has 0 spiro atoms. The minimum absolute atomic E-state index is 0.437. The van der Waals surface area contributed by atoms with Crippen molar-refractivity contribution >= 4 is 40.1 Å². The quantitative estimate of drug-likeness (QED) is 0.592. The SMILES string of the molecule is CC(C)(C)OC(=O)N(c1ccc2c(c1)OCCO2)c1ccccc1I. The monoisotopic (exact) mass is 453 g/mol. The molecule has 0 fully saturated rings. The predicted octanol–water partition coefficient (Wildman–Crippen LogP) is 5.14. The summed E-state index contributed by atoms with van der Waals surface area (Å²) in [7, 11) is 0. The van der Waals surface area contributed by atoms with Gasteiger partial charge in [0.05, 0.1) is 11.4 Å². The van der Waals surface area contributed by atoms with Crippen molar-refractivity contribution in [1.29, 1.82) is 0 Å². The van der Waals surface area contributed by atoms with Crippen LogP contribution in [0.15, 0.2) is 42.5 Å². The molecule has 25 heavy (non-hydrogen) atoms. The van der Waals surface area contributed by atoms with E-state index in [0.29, 0.717) is 30.4 Å². The molecule has 0 saturated heterocycles. The molecule has 3 rings (SSSR count). The van der Waals surface area contributed by atoms with E-state index in [2.05, 4.69) is 22.6 Å².